The fourth-order valence-electron chi connectivity index (χ4n) is 7.35. The molecule has 0 atom stereocenters. The fourth-order valence-corrected chi connectivity index (χ4v) is 17.9. The van der Waals surface area contributed by atoms with Crippen molar-refractivity contribution < 1.29 is 4.74 Å². The molecule has 0 spiro atoms. The van der Waals surface area contributed by atoms with Crippen LogP contribution in [0.1, 0.15) is 0 Å². The van der Waals surface area contributed by atoms with Gasteiger partial charge < -0.3 is 4.74 Å². The topological polar surface area (TPSA) is 9.23 Å². The Morgan fingerprint density at radius 1 is 0.386 bits per heavy atom. The van der Waals surface area contributed by atoms with Gasteiger partial charge in [0.2, 0.25) is 0 Å². The maximum absolute atomic E-state index is 7.46. The fraction of sp³-hybridized carbons (Fsp3) is 0.100. The molecule has 44 heavy (non-hydrogen) atoms. The van der Waals surface area contributed by atoms with Crippen LogP contribution in [0.4, 0.5) is 0 Å². The number of para-hydroxylation sites is 2. The average molecular weight is 619 g/mol. The Labute approximate surface area is 264 Å². The van der Waals surface area contributed by atoms with E-state index < -0.39 is 24.2 Å². The normalized spacial score (nSPS) is 13.8. The van der Waals surface area contributed by atoms with E-state index in [1.807, 2.05) is 0 Å². The molecule has 0 amide bonds. The molecule has 1 heterocycles. The van der Waals surface area contributed by atoms with Crippen LogP contribution >= 0.6 is 0 Å². The van der Waals surface area contributed by atoms with E-state index in [1.165, 1.54) is 41.5 Å². The average Bonchev–Trinajstić information content (AvgIpc) is 3.09. The van der Waals surface area contributed by atoms with Crippen molar-refractivity contribution in [1.82, 2.24) is 0 Å². The summed E-state index contributed by atoms with van der Waals surface area (Å²) < 4.78 is 7.46. The van der Waals surface area contributed by atoms with E-state index in [0.29, 0.717) is 0 Å². The van der Waals surface area contributed by atoms with Crippen LogP contribution in [-0.2, 0) is 0 Å². The highest BCUT2D eigenvalue weighted by Gasteiger charge is 2.46. The van der Waals surface area contributed by atoms with Gasteiger partial charge in [0.25, 0.3) is 0 Å². The largest absolute Gasteiger partial charge is 0.458 e. The molecule has 4 heteroatoms. The summed E-state index contributed by atoms with van der Waals surface area (Å²) >= 11 is 0. The van der Waals surface area contributed by atoms with Crippen LogP contribution < -0.4 is 46.2 Å². The van der Waals surface area contributed by atoms with Gasteiger partial charge in [-0.1, -0.05) is 184 Å². The summed E-state index contributed by atoms with van der Waals surface area (Å²) in [6.07, 6.45) is 0. The van der Waals surface area contributed by atoms with Crippen LogP contribution in [0, 0.1) is 0 Å². The molecule has 0 bridgehead atoms. The van der Waals surface area contributed by atoms with Crippen molar-refractivity contribution in [3.05, 3.63) is 158 Å². The van der Waals surface area contributed by atoms with Gasteiger partial charge in [-0.3, -0.25) is 0 Å². The molecule has 0 aromatic heterocycles. The predicted molar refractivity (Wildman–Crippen MR) is 197 cm³/mol. The van der Waals surface area contributed by atoms with E-state index in [4.69, 9.17) is 4.74 Å². The number of hydrogen-bond acceptors (Lipinski definition) is 1. The molecule has 0 aliphatic carbocycles. The molecular weight excluding hydrogens is 581 g/mol. The van der Waals surface area contributed by atoms with Gasteiger partial charge in [0.05, 0.1) is 0 Å². The molecule has 6 aromatic rings. The zero-order valence-electron chi connectivity index (χ0n) is 25.9. The minimum Gasteiger partial charge on any atom is -0.458 e. The Kier molecular flexibility index (Phi) is 7.16. The Morgan fingerprint density at radius 2 is 0.682 bits per heavy atom. The molecule has 0 unspecified atom stereocenters. The van der Waals surface area contributed by atoms with Crippen LogP contribution in [0.15, 0.2) is 158 Å². The van der Waals surface area contributed by atoms with Crippen molar-refractivity contribution in [2.75, 3.05) is 0 Å². The van der Waals surface area contributed by atoms with Gasteiger partial charge in [-0.25, -0.2) is 0 Å². The second-order valence-electron chi connectivity index (χ2n) is 12.8. The molecule has 0 radical (unpaired) electrons. The lowest BCUT2D eigenvalue weighted by atomic mass is 10.3. The SMILES string of the molecule is C[Si]1(C)c2cccc([Si](C)(c3ccccc3)c3ccccc3)c2Oc2c1cccc2[Si](C)(c1ccccc1)c1ccccc1. The van der Waals surface area contributed by atoms with Gasteiger partial charge >= 0.3 is 0 Å². The Balaban J connectivity index is 1.50. The highest BCUT2D eigenvalue weighted by Crippen LogP contribution is 2.30. The highest BCUT2D eigenvalue weighted by atomic mass is 28.3. The summed E-state index contributed by atoms with van der Waals surface area (Å²) in [5, 5.41) is 11.1. The lowest BCUT2D eigenvalue weighted by molar-refractivity contribution is 0.494. The van der Waals surface area contributed by atoms with Gasteiger partial charge in [0, 0.05) is 0 Å². The number of hydrogen-bond donors (Lipinski definition) is 0. The van der Waals surface area contributed by atoms with Gasteiger partial charge in [0.1, 0.15) is 35.7 Å². The van der Waals surface area contributed by atoms with Gasteiger partial charge in [-0.2, -0.15) is 0 Å². The smallest absolute Gasteiger partial charge is 0.150 e. The summed E-state index contributed by atoms with van der Waals surface area (Å²) in [5.41, 5.74) is 0. The van der Waals surface area contributed by atoms with Crippen LogP contribution in [0.5, 0.6) is 11.5 Å². The minimum atomic E-state index is -2.42. The lowest BCUT2D eigenvalue weighted by Gasteiger charge is -2.40. The Morgan fingerprint density at radius 3 is 0.977 bits per heavy atom. The van der Waals surface area contributed by atoms with Crippen molar-refractivity contribution in [2.24, 2.45) is 0 Å². The second-order valence-corrected chi connectivity index (χ2v) is 25.0. The van der Waals surface area contributed by atoms with Crippen molar-refractivity contribution in [1.29, 1.82) is 0 Å². The van der Waals surface area contributed by atoms with Crippen LogP contribution in [0.3, 0.4) is 0 Å². The highest BCUT2D eigenvalue weighted by molar-refractivity contribution is 7.13. The van der Waals surface area contributed by atoms with Crippen molar-refractivity contribution >= 4 is 65.7 Å². The molecule has 1 aliphatic rings. The van der Waals surface area contributed by atoms with Crippen molar-refractivity contribution in [2.45, 2.75) is 26.2 Å². The molecule has 0 N–H and O–H groups in total. The second kappa shape index (κ2) is 11.0. The monoisotopic (exact) mass is 618 g/mol. The Bertz CT molecular complexity index is 1700. The summed E-state index contributed by atoms with van der Waals surface area (Å²) in [6.45, 7) is 10.0. The standard InChI is InChI=1S/C40H38OSi3/c1-42(2)35-27-17-29-37(43(3,31-19-9-5-10-20-31)32-21-11-6-12-22-32)39(35)41-40-36(42)28-18-30-38(40)44(4,33-23-13-7-14-24-33)34-25-15-8-16-26-34/h5-30H,1-4H3. The van der Waals surface area contributed by atoms with Gasteiger partial charge in [-0.05, 0) is 41.5 Å². The first kappa shape index (κ1) is 28.5. The quantitative estimate of drug-likeness (QED) is 0.192. The molecule has 6 aromatic carbocycles. The van der Waals surface area contributed by atoms with Crippen molar-refractivity contribution in [3.8, 4) is 11.5 Å². The summed E-state index contributed by atoms with van der Waals surface area (Å²) in [4.78, 5) is 0. The van der Waals surface area contributed by atoms with E-state index in [2.05, 4.69) is 184 Å². The van der Waals surface area contributed by atoms with Crippen LogP contribution in [-0.4, -0.2) is 24.2 Å². The molecule has 0 saturated carbocycles. The molecule has 1 nitrogen and oxygen atoms in total. The summed E-state index contributed by atoms with van der Waals surface area (Å²) in [7, 11) is -6.98. The van der Waals surface area contributed by atoms with Crippen LogP contribution in [0.25, 0.3) is 0 Å². The van der Waals surface area contributed by atoms with Gasteiger partial charge in [-0.15, -0.1) is 0 Å². The molecule has 0 saturated heterocycles. The first-order chi connectivity index (χ1) is 21.4. The number of rotatable bonds is 6. The molecular formula is C40H38OSi3. The van der Waals surface area contributed by atoms with E-state index >= 15 is 0 Å². The van der Waals surface area contributed by atoms with Crippen LogP contribution in [0.2, 0.25) is 26.2 Å². The zero-order valence-corrected chi connectivity index (χ0v) is 28.9. The molecule has 1 aliphatic heterocycles. The minimum absolute atomic E-state index is 1.10. The van der Waals surface area contributed by atoms with E-state index in [9.17, 15) is 0 Å². The third-order valence-corrected chi connectivity index (χ3v) is 22.4. The van der Waals surface area contributed by atoms with E-state index in [1.54, 1.807) is 0 Å². The predicted octanol–water partition coefficient (Wildman–Crippen LogP) is 4.81. The first-order valence-corrected chi connectivity index (χ1v) is 23.5. The summed E-state index contributed by atoms with van der Waals surface area (Å²) in [5.74, 6) is 2.20. The number of fused-ring (bicyclic) bond motifs is 2. The first-order valence-electron chi connectivity index (χ1n) is 15.5. The van der Waals surface area contributed by atoms with E-state index in [-0.39, 0.29) is 0 Å². The summed E-state index contributed by atoms with van der Waals surface area (Å²) in [6, 6.07) is 58.5. The molecule has 0 fully saturated rings. The third-order valence-electron chi connectivity index (χ3n) is 10.1. The maximum atomic E-state index is 7.46. The van der Waals surface area contributed by atoms with Crippen molar-refractivity contribution in [3.63, 3.8) is 0 Å². The molecule has 216 valence electrons. The van der Waals surface area contributed by atoms with E-state index in [0.717, 1.165) is 11.5 Å². The zero-order chi connectivity index (χ0) is 30.4. The Hall–Kier alpha value is -4.23. The maximum Gasteiger partial charge on any atom is 0.150 e. The third kappa shape index (κ3) is 4.40. The lowest BCUT2D eigenvalue weighted by Crippen LogP contribution is -2.69. The number of ether oxygens (including phenoxy) is 1. The van der Waals surface area contributed by atoms with Gasteiger partial charge in [0.15, 0.2) is 0 Å². The number of benzene rings is 6. The molecule has 7 rings (SSSR count).